The minimum absolute atomic E-state index is 0.827. The molecule has 0 unspecified atom stereocenters. The van der Waals surface area contributed by atoms with Gasteiger partial charge in [-0.15, -0.1) is 0 Å². The number of aromatic nitrogens is 1. The number of anilines is 2. The fourth-order valence-electron chi connectivity index (χ4n) is 1.75. The molecule has 0 bridgehead atoms. The minimum atomic E-state index is 0.827. The third kappa shape index (κ3) is 3.26. The van der Waals surface area contributed by atoms with Crippen LogP contribution in [-0.4, -0.2) is 18.6 Å². The highest BCUT2D eigenvalue weighted by molar-refractivity contribution is 5.53. The summed E-state index contributed by atoms with van der Waals surface area (Å²) in [7, 11) is 2.06. The van der Waals surface area contributed by atoms with Crippen molar-refractivity contribution in [2.75, 3.05) is 23.8 Å². The smallest absolute Gasteiger partial charge is 0.127 e. The Hall–Kier alpha value is -1.97. The van der Waals surface area contributed by atoms with Crippen LogP contribution in [0.5, 0.6) is 0 Å². The number of furan rings is 1. The van der Waals surface area contributed by atoms with Gasteiger partial charge in [-0.1, -0.05) is 6.92 Å². The lowest BCUT2D eigenvalue weighted by molar-refractivity contribution is 0.563. The molecule has 0 aliphatic rings. The number of nitrogens with zero attached hydrogens (tertiary/aromatic N) is 2. The summed E-state index contributed by atoms with van der Waals surface area (Å²) < 4.78 is 5.08. The fraction of sp³-hybridized carbons (Fsp3) is 0.357. The van der Waals surface area contributed by atoms with E-state index < -0.39 is 0 Å². The van der Waals surface area contributed by atoms with Gasteiger partial charge in [-0.3, -0.25) is 0 Å². The number of nitrogens with one attached hydrogen (secondary N) is 1. The Bertz CT molecular complexity index is 468. The van der Waals surface area contributed by atoms with Crippen molar-refractivity contribution in [1.29, 1.82) is 0 Å². The first-order chi connectivity index (χ1) is 8.79. The summed E-state index contributed by atoms with van der Waals surface area (Å²) in [6, 6.07) is 6.06. The average molecular weight is 245 g/mol. The van der Waals surface area contributed by atoms with Gasteiger partial charge in [0.1, 0.15) is 5.82 Å². The molecule has 0 fully saturated rings. The maximum absolute atomic E-state index is 5.08. The van der Waals surface area contributed by atoms with Gasteiger partial charge in [0.25, 0.3) is 0 Å². The van der Waals surface area contributed by atoms with Gasteiger partial charge in [0.05, 0.1) is 12.5 Å². The Morgan fingerprint density at radius 2 is 2.28 bits per heavy atom. The zero-order chi connectivity index (χ0) is 12.8. The van der Waals surface area contributed by atoms with Crippen molar-refractivity contribution >= 4 is 11.5 Å². The van der Waals surface area contributed by atoms with Crippen molar-refractivity contribution in [3.05, 3.63) is 42.5 Å². The van der Waals surface area contributed by atoms with Crippen LogP contribution in [0, 0.1) is 0 Å². The van der Waals surface area contributed by atoms with Crippen molar-refractivity contribution in [3.63, 3.8) is 0 Å². The molecule has 4 heteroatoms. The first-order valence-corrected chi connectivity index (χ1v) is 6.21. The Labute approximate surface area is 108 Å². The topological polar surface area (TPSA) is 41.3 Å². The van der Waals surface area contributed by atoms with Crippen LogP contribution in [0.1, 0.15) is 18.9 Å². The Morgan fingerprint density at radius 3 is 3.00 bits per heavy atom. The molecule has 0 spiro atoms. The van der Waals surface area contributed by atoms with Gasteiger partial charge in [0.15, 0.2) is 0 Å². The highest BCUT2D eigenvalue weighted by atomic mass is 16.3. The largest absolute Gasteiger partial charge is 0.472 e. The van der Waals surface area contributed by atoms with E-state index in [0.29, 0.717) is 0 Å². The molecule has 0 aromatic carbocycles. The van der Waals surface area contributed by atoms with E-state index in [0.717, 1.165) is 36.6 Å². The van der Waals surface area contributed by atoms with Crippen molar-refractivity contribution in [1.82, 2.24) is 4.98 Å². The lowest BCUT2D eigenvalue weighted by atomic mass is 10.3. The van der Waals surface area contributed by atoms with Crippen molar-refractivity contribution in [2.45, 2.75) is 19.9 Å². The molecular weight excluding hydrogens is 226 g/mol. The standard InChI is InChI=1S/C14H19N3O/c1-3-6-15-14-9-13(4-7-16-14)17(2)10-12-5-8-18-11-12/h4-5,7-9,11H,3,6,10H2,1-2H3,(H,15,16). The van der Waals surface area contributed by atoms with Crippen molar-refractivity contribution in [2.24, 2.45) is 0 Å². The number of rotatable bonds is 6. The summed E-state index contributed by atoms with van der Waals surface area (Å²) in [5, 5.41) is 3.29. The summed E-state index contributed by atoms with van der Waals surface area (Å²) in [6.07, 6.45) is 6.40. The molecule has 0 radical (unpaired) electrons. The van der Waals surface area contributed by atoms with Crippen LogP contribution in [0.25, 0.3) is 0 Å². The second kappa shape index (κ2) is 6.10. The van der Waals surface area contributed by atoms with Gasteiger partial charge < -0.3 is 14.6 Å². The van der Waals surface area contributed by atoms with E-state index in [4.69, 9.17) is 4.42 Å². The molecular formula is C14H19N3O. The normalized spacial score (nSPS) is 10.3. The second-order valence-corrected chi connectivity index (χ2v) is 4.31. The third-order valence-corrected chi connectivity index (χ3v) is 2.74. The van der Waals surface area contributed by atoms with E-state index in [2.05, 4.69) is 35.2 Å². The van der Waals surface area contributed by atoms with Crippen LogP contribution < -0.4 is 10.2 Å². The minimum Gasteiger partial charge on any atom is -0.472 e. The van der Waals surface area contributed by atoms with Crippen LogP contribution in [0.3, 0.4) is 0 Å². The summed E-state index contributed by atoms with van der Waals surface area (Å²) in [6.45, 7) is 3.91. The Morgan fingerprint density at radius 1 is 1.39 bits per heavy atom. The van der Waals surface area contributed by atoms with Crippen LogP contribution in [0.4, 0.5) is 11.5 Å². The zero-order valence-electron chi connectivity index (χ0n) is 10.9. The van der Waals surface area contributed by atoms with Crippen LogP contribution in [0.15, 0.2) is 41.3 Å². The van der Waals surface area contributed by atoms with Gasteiger partial charge >= 0.3 is 0 Å². The lowest BCUT2D eigenvalue weighted by Gasteiger charge is -2.19. The second-order valence-electron chi connectivity index (χ2n) is 4.31. The van der Waals surface area contributed by atoms with Crippen LogP contribution in [-0.2, 0) is 6.54 Å². The summed E-state index contributed by atoms with van der Waals surface area (Å²) in [4.78, 5) is 6.47. The monoisotopic (exact) mass is 245 g/mol. The molecule has 4 nitrogen and oxygen atoms in total. The Kier molecular flexibility index (Phi) is 4.23. The van der Waals surface area contributed by atoms with E-state index in [1.165, 1.54) is 0 Å². The van der Waals surface area contributed by atoms with Crippen LogP contribution >= 0.6 is 0 Å². The highest BCUT2D eigenvalue weighted by Crippen LogP contribution is 2.18. The molecule has 1 N–H and O–H groups in total. The molecule has 0 atom stereocenters. The molecule has 0 amide bonds. The van der Waals surface area contributed by atoms with E-state index in [-0.39, 0.29) is 0 Å². The maximum atomic E-state index is 5.08. The molecule has 0 saturated carbocycles. The van der Waals surface area contributed by atoms with Crippen LogP contribution in [0.2, 0.25) is 0 Å². The fourth-order valence-corrected chi connectivity index (χ4v) is 1.75. The van der Waals surface area contributed by atoms with Gasteiger partial charge in [0.2, 0.25) is 0 Å². The van der Waals surface area contributed by atoms with E-state index in [1.807, 2.05) is 18.3 Å². The molecule has 2 aromatic rings. The van der Waals surface area contributed by atoms with E-state index in [1.54, 1.807) is 12.5 Å². The number of hydrogen-bond acceptors (Lipinski definition) is 4. The highest BCUT2D eigenvalue weighted by Gasteiger charge is 2.04. The third-order valence-electron chi connectivity index (χ3n) is 2.74. The summed E-state index contributed by atoms with van der Waals surface area (Å²) >= 11 is 0. The molecule has 18 heavy (non-hydrogen) atoms. The molecule has 0 aliphatic heterocycles. The molecule has 0 aliphatic carbocycles. The number of hydrogen-bond donors (Lipinski definition) is 1. The SMILES string of the molecule is CCCNc1cc(N(C)Cc2ccoc2)ccn1. The zero-order valence-corrected chi connectivity index (χ0v) is 10.9. The lowest BCUT2D eigenvalue weighted by Crippen LogP contribution is -2.16. The van der Waals surface area contributed by atoms with Gasteiger partial charge in [0, 0.05) is 43.7 Å². The van der Waals surface area contributed by atoms with Gasteiger partial charge in [-0.2, -0.15) is 0 Å². The molecule has 2 rings (SSSR count). The van der Waals surface area contributed by atoms with Crippen molar-refractivity contribution < 1.29 is 4.42 Å². The summed E-state index contributed by atoms with van der Waals surface area (Å²) in [5.74, 6) is 0.924. The van der Waals surface area contributed by atoms with Gasteiger partial charge in [-0.05, 0) is 18.6 Å². The van der Waals surface area contributed by atoms with E-state index >= 15 is 0 Å². The number of pyridine rings is 1. The predicted octanol–water partition coefficient (Wildman–Crippen LogP) is 3.13. The van der Waals surface area contributed by atoms with Gasteiger partial charge in [-0.25, -0.2) is 4.98 Å². The predicted molar refractivity (Wildman–Crippen MR) is 73.8 cm³/mol. The van der Waals surface area contributed by atoms with Crippen molar-refractivity contribution in [3.8, 4) is 0 Å². The van der Waals surface area contributed by atoms with E-state index in [9.17, 15) is 0 Å². The Balaban J connectivity index is 2.03. The molecule has 2 aromatic heterocycles. The first kappa shape index (κ1) is 12.5. The quantitative estimate of drug-likeness (QED) is 0.849. The summed E-state index contributed by atoms with van der Waals surface area (Å²) in [5.41, 5.74) is 2.31. The average Bonchev–Trinajstić information content (AvgIpc) is 2.89. The maximum Gasteiger partial charge on any atom is 0.127 e. The molecule has 2 heterocycles. The molecule has 96 valence electrons. The molecule has 0 saturated heterocycles. The first-order valence-electron chi connectivity index (χ1n) is 6.21.